The van der Waals surface area contributed by atoms with Gasteiger partial charge in [0.2, 0.25) is 5.96 Å². The predicted octanol–water partition coefficient (Wildman–Crippen LogP) is 4.54. The Morgan fingerprint density at radius 3 is 2.35 bits per heavy atom. The zero-order chi connectivity index (χ0) is 17.6. The number of nitrogens with one attached hydrogen (secondary N) is 1. The normalized spacial score (nSPS) is 17.4. The lowest BCUT2D eigenvalue weighted by Gasteiger charge is -2.22. The fourth-order valence-electron chi connectivity index (χ4n) is 2.74. The Kier molecular flexibility index (Phi) is 7.53. The van der Waals surface area contributed by atoms with Crippen LogP contribution < -0.4 is 5.32 Å². The van der Waals surface area contributed by atoms with Gasteiger partial charge in [-0.3, -0.25) is 0 Å². The van der Waals surface area contributed by atoms with Crippen LogP contribution in [-0.2, 0) is 6.42 Å². The van der Waals surface area contributed by atoms with Gasteiger partial charge in [-0.2, -0.15) is 5.10 Å². The fraction of sp³-hybridized carbons (Fsp3) is 0.684. The van der Waals surface area contributed by atoms with Gasteiger partial charge in [-0.15, -0.1) is 0 Å². The molecule has 4 heteroatoms. The van der Waals surface area contributed by atoms with Crippen molar-refractivity contribution in [2.24, 2.45) is 16.8 Å². The Morgan fingerprint density at radius 1 is 1.13 bits per heavy atom. The van der Waals surface area contributed by atoms with Crippen LogP contribution in [0.3, 0.4) is 0 Å². The van der Waals surface area contributed by atoms with Crippen LogP contribution in [0.25, 0.3) is 0 Å². The maximum Gasteiger partial charge on any atom is 0.224 e. The maximum atomic E-state index is 4.85. The minimum atomic E-state index is 0.248. The van der Waals surface area contributed by atoms with E-state index in [9.17, 15) is 0 Å². The molecule has 23 heavy (non-hydrogen) atoms. The first-order valence-corrected chi connectivity index (χ1v) is 8.94. The molecular formula is C19H34N4. The van der Waals surface area contributed by atoms with E-state index >= 15 is 0 Å². The molecule has 1 aromatic rings. The second-order valence-electron chi connectivity index (χ2n) is 6.91. The van der Waals surface area contributed by atoms with Gasteiger partial charge in [0.05, 0.1) is 11.7 Å². The molecule has 2 rings (SSSR count). The first-order valence-electron chi connectivity index (χ1n) is 8.94. The monoisotopic (exact) mass is 318 g/mol. The topological polar surface area (TPSA) is 42.2 Å². The molecule has 0 aliphatic carbocycles. The summed E-state index contributed by atoms with van der Waals surface area (Å²) in [6, 6.07) is 2.41. The zero-order valence-electron chi connectivity index (χ0n) is 16.1. The van der Waals surface area contributed by atoms with Gasteiger partial charge in [0.25, 0.3) is 0 Å². The summed E-state index contributed by atoms with van der Waals surface area (Å²) < 4.78 is 1.99. The van der Waals surface area contributed by atoms with Gasteiger partial charge in [-0.1, -0.05) is 41.5 Å². The molecule has 0 saturated heterocycles. The SMILES string of the molecule is CC.CC1=CC(CC(C)C)N=C(n2nc(C)cc2CC(C)C)N1. The number of hydrogen-bond acceptors (Lipinski definition) is 3. The van der Waals surface area contributed by atoms with E-state index in [1.54, 1.807) is 0 Å². The largest absolute Gasteiger partial charge is 0.329 e. The number of allylic oxidation sites excluding steroid dienone is 1. The Labute approximate surface area is 142 Å². The van der Waals surface area contributed by atoms with E-state index in [1.165, 1.54) is 5.69 Å². The quantitative estimate of drug-likeness (QED) is 0.885. The molecule has 0 fully saturated rings. The van der Waals surface area contributed by atoms with Crippen LogP contribution in [0.1, 0.15) is 66.3 Å². The van der Waals surface area contributed by atoms with Crippen LogP contribution in [0.5, 0.6) is 0 Å². The fourth-order valence-corrected chi connectivity index (χ4v) is 2.74. The van der Waals surface area contributed by atoms with Crippen LogP contribution in [0, 0.1) is 18.8 Å². The summed E-state index contributed by atoms with van der Waals surface area (Å²) >= 11 is 0. The van der Waals surface area contributed by atoms with Crippen LogP contribution >= 0.6 is 0 Å². The number of rotatable bonds is 4. The summed E-state index contributed by atoms with van der Waals surface area (Å²) in [6.07, 6.45) is 4.30. The Hall–Kier alpha value is -1.58. The van der Waals surface area contributed by atoms with Crippen molar-refractivity contribution in [3.05, 3.63) is 29.2 Å². The molecule has 1 N–H and O–H groups in total. The van der Waals surface area contributed by atoms with E-state index in [1.807, 2.05) is 25.5 Å². The first kappa shape index (κ1) is 19.5. The second kappa shape index (κ2) is 8.90. The molecule has 1 aliphatic heterocycles. The minimum Gasteiger partial charge on any atom is -0.329 e. The van der Waals surface area contributed by atoms with Crippen LogP contribution in [-0.4, -0.2) is 21.8 Å². The van der Waals surface area contributed by atoms with E-state index in [4.69, 9.17) is 4.99 Å². The summed E-state index contributed by atoms with van der Waals surface area (Å²) in [4.78, 5) is 4.85. The van der Waals surface area contributed by atoms with Crippen molar-refractivity contribution >= 4 is 5.96 Å². The summed E-state index contributed by atoms with van der Waals surface area (Å²) in [5.74, 6) is 2.10. The summed E-state index contributed by atoms with van der Waals surface area (Å²) in [5, 5.41) is 8.01. The molecule has 1 atom stereocenters. The van der Waals surface area contributed by atoms with Crippen LogP contribution in [0.2, 0.25) is 0 Å². The van der Waals surface area contributed by atoms with Gasteiger partial charge < -0.3 is 5.32 Å². The number of nitrogens with zero attached hydrogens (tertiary/aromatic N) is 3. The molecule has 1 aromatic heterocycles. The van der Waals surface area contributed by atoms with E-state index in [2.05, 4.69) is 57.2 Å². The molecule has 4 nitrogen and oxygen atoms in total. The van der Waals surface area contributed by atoms with E-state index in [0.717, 1.165) is 30.2 Å². The van der Waals surface area contributed by atoms with E-state index in [0.29, 0.717) is 11.8 Å². The van der Waals surface area contributed by atoms with Crippen molar-refractivity contribution in [1.82, 2.24) is 15.1 Å². The highest BCUT2D eigenvalue weighted by Gasteiger charge is 2.19. The third-order valence-corrected chi connectivity index (χ3v) is 3.48. The molecule has 0 amide bonds. The minimum absolute atomic E-state index is 0.248. The van der Waals surface area contributed by atoms with Gasteiger partial charge in [0.1, 0.15) is 0 Å². The van der Waals surface area contributed by atoms with Crippen molar-refractivity contribution in [2.75, 3.05) is 0 Å². The molecule has 1 aliphatic rings. The maximum absolute atomic E-state index is 4.85. The number of hydrogen-bond donors (Lipinski definition) is 1. The first-order chi connectivity index (χ1) is 10.8. The highest BCUT2D eigenvalue weighted by Crippen LogP contribution is 2.16. The molecular weight excluding hydrogens is 284 g/mol. The number of aliphatic imine (C=N–C) groups is 1. The third-order valence-electron chi connectivity index (χ3n) is 3.48. The van der Waals surface area contributed by atoms with Crippen molar-refractivity contribution < 1.29 is 0 Å². The molecule has 0 radical (unpaired) electrons. The molecule has 0 bridgehead atoms. The van der Waals surface area contributed by atoms with Gasteiger partial charge >= 0.3 is 0 Å². The lowest BCUT2D eigenvalue weighted by atomic mass is 10.0. The predicted molar refractivity (Wildman–Crippen MR) is 99.8 cm³/mol. The average Bonchev–Trinajstić information content (AvgIpc) is 2.79. The lowest BCUT2D eigenvalue weighted by molar-refractivity contribution is 0.536. The summed E-state index contributed by atoms with van der Waals surface area (Å²) in [7, 11) is 0. The lowest BCUT2D eigenvalue weighted by Crippen LogP contribution is -2.36. The van der Waals surface area contributed by atoms with Crippen molar-refractivity contribution in [3.8, 4) is 0 Å². The Morgan fingerprint density at radius 2 is 1.78 bits per heavy atom. The average molecular weight is 319 g/mol. The van der Waals surface area contributed by atoms with Crippen LogP contribution in [0.4, 0.5) is 0 Å². The summed E-state index contributed by atoms with van der Waals surface area (Å²) in [6.45, 7) is 17.1. The Balaban J connectivity index is 0.00000127. The molecule has 130 valence electrons. The number of aromatic nitrogens is 2. The standard InChI is InChI=1S/C17H28N4.C2H6/c1-11(2)7-15-9-13(5)18-17(19-15)21-16(8-12(3)4)10-14(6)20-21;1-2/h9-12,15H,7-8H2,1-6H3,(H,18,19);1-2H3. The van der Waals surface area contributed by atoms with Gasteiger partial charge in [0.15, 0.2) is 0 Å². The molecule has 2 heterocycles. The third kappa shape index (κ3) is 5.85. The summed E-state index contributed by atoms with van der Waals surface area (Å²) in [5.41, 5.74) is 3.43. The van der Waals surface area contributed by atoms with Crippen molar-refractivity contribution in [1.29, 1.82) is 0 Å². The number of aryl methyl sites for hydroxylation is 1. The molecule has 1 unspecified atom stereocenters. The van der Waals surface area contributed by atoms with Crippen LogP contribution in [0.15, 0.2) is 22.8 Å². The van der Waals surface area contributed by atoms with E-state index < -0.39 is 0 Å². The van der Waals surface area contributed by atoms with Gasteiger partial charge in [-0.05, 0) is 50.7 Å². The Bertz CT molecular complexity index is 550. The second-order valence-corrected chi connectivity index (χ2v) is 6.91. The van der Waals surface area contributed by atoms with Crippen molar-refractivity contribution in [2.45, 2.75) is 74.3 Å². The zero-order valence-corrected chi connectivity index (χ0v) is 16.1. The van der Waals surface area contributed by atoms with Gasteiger partial charge in [0, 0.05) is 11.4 Å². The smallest absolute Gasteiger partial charge is 0.224 e. The van der Waals surface area contributed by atoms with Gasteiger partial charge in [-0.25, -0.2) is 9.67 Å². The molecule has 0 spiro atoms. The molecule has 0 saturated carbocycles. The van der Waals surface area contributed by atoms with E-state index in [-0.39, 0.29) is 6.04 Å². The highest BCUT2D eigenvalue weighted by molar-refractivity contribution is 5.84. The van der Waals surface area contributed by atoms with Crippen molar-refractivity contribution in [3.63, 3.8) is 0 Å². The highest BCUT2D eigenvalue weighted by atomic mass is 15.4. The molecule has 0 aromatic carbocycles.